The Balaban J connectivity index is 1.61. The first-order chi connectivity index (χ1) is 11.6. The summed E-state index contributed by atoms with van der Waals surface area (Å²) in [5, 5.41) is 5.44. The molecule has 1 heterocycles. The first-order valence-electron chi connectivity index (χ1n) is 8.43. The molecule has 0 unspecified atom stereocenters. The van der Waals surface area contributed by atoms with Gasteiger partial charge in [0.1, 0.15) is 5.82 Å². The predicted molar refractivity (Wildman–Crippen MR) is 96.8 cm³/mol. The largest absolute Gasteiger partial charge is 0.302 e. The van der Waals surface area contributed by atoms with Crippen LogP contribution in [-0.2, 0) is 4.79 Å². The van der Waals surface area contributed by atoms with Crippen molar-refractivity contribution in [3.05, 3.63) is 36.1 Å². The smallest absolute Gasteiger partial charge is 0.229 e. The molecule has 3 aromatic rings. The summed E-state index contributed by atoms with van der Waals surface area (Å²) in [7, 11) is 0. The molecule has 5 heteroatoms. The molecular weight excluding hydrogens is 323 g/mol. The van der Waals surface area contributed by atoms with E-state index >= 15 is 0 Å². The minimum absolute atomic E-state index is 0.0837. The van der Waals surface area contributed by atoms with Crippen molar-refractivity contribution >= 4 is 43.4 Å². The van der Waals surface area contributed by atoms with Crippen LogP contribution >= 0.6 is 11.3 Å². The second-order valence-electron chi connectivity index (χ2n) is 6.57. The predicted octanol–water partition coefficient (Wildman–Crippen LogP) is 5.35. The van der Waals surface area contributed by atoms with E-state index in [4.69, 9.17) is 0 Å². The van der Waals surface area contributed by atoms with Gasteiger partial charge in [-0.2, -0.15) is 0 Å². The minimum atomic E-state index is -0.244. The van der Waals surface area contributed by atoms with E-state index in [1.807, 2.05) is 12.1 Å². The van der Waals surface area contributed by atoms with Crippen LogP contribution in [0, 0.1) is 17.7 Å². The van der Waals surface area contributed by atoms with Gasteiger partial charge < -0.3 is 5.32 Å². The van der Waals surface area contributed by atoms with Gasteiger partial charge in [0.2, 0.25) is 5.91 Å². The molecule has 1 aliphatic rings. The van der Waals surface area contributed by atoms with Crippen molar-refractivity contribution in [1.82, 2.24) is 4.98 Å². The van der Waals surface area contributed by atoms with E-state index in [0.717, 1.165) is 46.7 Å². The molecule has 1 amide bonds. The summed E-state index contributed by atoms with van der Waals surface area (Å²) in [6, 6.07) is 8.51. The number of nitrogens with one attached hydrogen (secondary N) is 1. The number of benzene rings is 2. The quantitative estimate of drug-likeness (QED) is 0.697. The molecule has 2 atom stereocenters. The van der Waals surface area contributed by atoms with Crippen LogP contribution in [0.3, 0.4) is 0 Å². The highest BCUT2D eigenvalue weighted by molar-refractivity contribution is 7.23. The Labute approximate surface area is 143 Å². The molecule has 0 spiro atoms. The van der Waals surface area contributed by atoms with Gasteiger partial charge in [0.05, 0.1) is 10.2 Å². The summed E-state index contributed by atoms with van der Waals surface area (Å²) in [5.74, 6) is 0.620. The first kappa shape index (κ1) is 15.5. The number of aromatic nitrogens is 1. The zero-order valence-corrected chi connectivity index (χ0v) is 14.3. The second-order valence-corrected chi connectivity index (χ2v) is 7.57. The maximum absolute atomic E-state index is 13.4. The number of carbonyl (C=O) groups is 1. The van der Waals surface area contributed by atoms with Crippen molar-refractivity contribution < 1.29 is 9.18 Å². The van der Waals surface area contributed by atoms with Crippen LogP contribution in [0.5, 0.6) is 0 Å². The third kappa shape index (κ3) is 2.77. The topological polar surface area (TPSA) is 42.0 Å². The van der Waals surface area contributed by atoms with E-state index in [-0.39, 0.29) is 17.6 Å². The van der Waals surface area contributed by atoms with E-state index < -0.39 is 0 Å². The highest BCUT2D eigenvalue weighted by Crippen LogP contribution is 2.36. The number of hydrogen-bond donors (Lipinski definition) is 1. The van der Waals surface area contributed by atoms with Gasteiger partial charge in [-0.15, -0.1) is 0 Å². The average Bonchev–Trinajstić information content (AvgIpc) is 3.20. The molecule has 0 aliphatic heterocycles. The van der Waals surface area contributed by atoms with E-state index in [9.17, 15) is 9.18 Å². The van der Waals surface area contributed by atoms with E-state index in [1.165, 1.54) is 23.5 Å². The lowest BCUT2D eigenvalue weighted by molar-refractivity contribution is -0.119. The molecule has 4 rings (SSSR count). The molecule has 0 bridgehead atoms. The van der Waals surface area contributed by atoms with E-state index in [0.29, 0.717) is 11.0 Å². The summed E-state index contributed by atoms with van der Waals surface area (Å²) < 4.78 is 14.4. The third-order valence-electron chi connectivity index (χ3n) is 5.05. The highest BCUT2D eigenvalue weighted by Gasteiger charge is 2.29. The Morgan fingerprint density at radius 2 is 2.21 bits per heavy atom. The van der Waals surface area contributed by atoms with Gasteiger partial charge in [0.25, 0.3) is 0 Å². The molecule has 1 aromatic heterocycles. The zero-order chi connectivity index (χ0) is 16.7. The van der Waals surface area contributed by atoms with Gasteiger partial charge in [-0.25, -0.2) is 9.37 Å². The normalized spacial score (nSPS) is 20.8. The van der Waals surface area contributed by atoms with E-state index in [1.54, 1.807) is 6.07 Å². The number of thiazole rings is 1. The lowest BCUT2D eigenvalue weighted by Gasteiger charge is -2.09. The van der Waals surface area contributed by atoms with Crippen molar-refractivity contribution in [3.8, 4) is 0 Å². The molecule has 0 radical (unpaired) electrons. The summed E-state index contributed by atoms with van der Waals surface area (Å²) in [4.78, 5) is 17.0. The maximum Gasteiger partial charge on any atom is 0.229 e. The lowest BCUT2D eigenvalue weighted by Crippen LogP contribution is -2.20. The van der Waals surface area contributed by atoms with Crippen molar-refractivity contribution in [2.45, 2.75) is 32.6 Å². The molecule has 3 nitrogen and oxygen atoms in total. The number of nitrogens with zero attached hydrogens (tertiary/aromatic N) is 1. The highest BCUT2D eigenvalue weighted by atomic mass is 32.1. The molecule has 124 valence electrons. The average molecular weight is 342 g/mol. The molecule has 2 aromatic carbocycles. The number of anilines is 1. The van der Waals surface area contributed by atoms with E-state index in [2.05, 4.69) is 17.2 Å². The van der Waals surface area contributed by atoms with Gasteiger partial charge >= 0.3 is 0 Å². The summed E-state index contributed by atoms with van der Waals surface area (Å²) in [5.41, 5.74) is 0.840. The third-order valence-corrected chi connectivity index (χ3v) is 6.07. The number of amides is 1. The standard InChI is InChI=1S/C19H19FN2OS/c1-2-11-3-4-13(9-11)18(23)22-19-21-16-8-5-12-10-14(20)6-7-15(12)17(16)24-19/h5-8,10-11,13H,2-4,9H2,1H3,(H,21,22,23)/t11-,13+/m1/s1. The van der Waals surface area contributed by atoms with Gasteiger partial charge in [-0.1, -0.05) is 30.7 Å². The van der Waals surface area contributed by atoms with Crippen LogP contribution in [0.15, 0.2) is 30.3 Å². The van der Waals surface area contributed by atoms with Crippen LogP contribution in [-0.4, -0.2) is 10.9 Å². The van der Waals surface area contributed by atoms with Crippen LogP contribution < -0.4 is 5.32 Å². The molecule has 0 saturated heterocycles. The number of halogens is 1. The van der Waals surface area contributed by atoms with Crippen LogP contribution in [0.4, 0.5) is 9.52 Å². The summed E-state index contributed by atoms with van der Waals surface area (Å²) >= 11 is 1.46. The minimum Gasteiger partial charge on any atom is -0.302 e. The number of rotatable bonds is 3. The second kappa shape index (κ2) is 6.13. The first-order valence-corrected chi connectivity index (χ1v) is 9.25. The Bertz CT molecular complexity index is 920. The van der Waals surface area contributed by atoms with Gasteiger partial charge in [0.15, 0.2) is 5.13 Å². The fraction of sp³-hybridized carbons (Fsp3) is 0.368. The Morgan fingerprint density at radius 3 is 3.00 bits per heavy atom. The SMILES string of the molecule is CC[C@@H]1CC[C@H](C(=O)Nc2nc3ccc4cc(F)ccc4c3s2)C1. The van der Waals surface area contributed by atoms with Gasteiger partial charge in [-0.05, 0) is 54.8 Å². The van der Waals surface area contributed by atoms with Gasteiger partial charge in [-0.3, -0.25) is 4.79 Å². The zero-order valence-electron chi connectivity index (χ0n) is 13.5. The van der Waals surface area contributed by atoms with Crippen LogP contribution in [0.25, 0.3) is 21.0 Å². The Hall–Kier alpha value is -2.01. The number of carbonyl (C=O) groups excluding carboxylic acids is 1. The van der Waals surface area contributed by atoms with Crippen molar-refractivity contribution in [2.75, 3.05) is 5.32 Å². The lowest BCUT2D eigenvalue weighted by atomic mass is 10.0. The fourth-order valence-corrected chi connectivity index (χ4v) is 4.63. The Kier molecular flexibility index (Phi) is 3.96. The molecular formula is C19H19FN2OS. The van der Waals surface area contributed by atoms with Crippen LogP contribution in [0.1, 0.15) is 32.6 Å². The molecule has 24 heavy (non-hydrogen) atoms. The van der Waals surface area contributed by atoms with Crippen molar-refractivity contribution in [2.24, 2.45) is 11.8 Å². The monoisotopic (exact) mass is 342 g/mol. The molecule has 1 saturated carbocycles. The number of fused-ring (bicyclic) bond motifs is 3. The number of hydrogen-bond acceptors (Lipinski definition) is 3. The molecule has 1 fully saturated rings. The Morgan fingerprint density at radius 1 is 1.33 bits per heavy atom. The summed E-state index contributed by atoms with van der Waals surface area (Å²) in [6.07, 6.45) is 4.24. The maximum atomic E-state index is 13.4. The van der Waals surface area contributed by atoms with Gasteiger partial charge in [0, 0.05) is 11.3 Å². The fourth-order valence-electron chi connectivity index (χ4n) is 3.63. The summed E-state index contributed by atoms with van der Waals surface area (Å²) in [6.45, 7) is 2.19. The van der Waals surface area contributed by atoms with Crippen molar-refractivity contribution in [1.29, 1.82) is 0 Å². The molecule has 1 aliphatic carbocycles. The molecule has 1 N–H and O–H groups in total. The van der Waals surface area contributed by atoms with Crippen LogP contribution in [0.2, 0.25) is 0 Å². The van der Waals surface area contributed by atoms with Crippen molar-refractivity contribution in [3.63, 3.8) is 0 Å².